The Kier molecular flexibility index (Phi) is 6.87. The first-order valence-electron chi connectivity index (χ1n) is 13.4. The standard InChI is InChI=1S/C28H35N5O8/c1-32(2)16-9-15(31-17(34)10-30-12-5-6-12)22(35)19-13(16)7-11-8-14-21(33(3)4)24(37)20(27(29)40)26(39)28(14,41)25(38)18(11)23(19)36/h9,11-12,14,21,30,35-36,39,41H,5-8,10H2,1-4H3,(H2,29,40)(H,31,34)/t11?,14?,21-,28?/m0/s1. The highest BCUT2D eigenvalue weighted by Gasteiger charge is 2.64. The number of nitrogens with two attached hydrogens (primary N) is 1. The van der Waals surface area contributed by atoms with Crippen LogP contribution in [0.25, 0.3) is 5.76 Å². The molecule has 41 heavy (non-hydrogen) atoms. The number of nitrogens with one attached hydrogen (secondary N) is 2. The van der Waals surface area contributed by atoms with Gasteiger partial charge < -0.3 is 41.7 Å². The van der Waals surface area contributed by atoms with Crippen LogP contribution in [0, 0.1) is 11.8 Å². The fourth-order valence-electron chi connectivity index (χ4n) is 6.51. The molecule has 13 nitrogen and oxygen atoms in total. The number of rotatable bonds is 7. The van der Waals surface area contributed by atoms with Gasteiger partial charge in [-0.2, -0.15) is 0 Å². The first-order valence-corrected chi connectivity index (χ1v) is 13.4. The summed E-state index contributed by atoms with van der Waals surface area (Å²) < 4.78 is 0. The second kappa shape index (κ2) is 9.86. The van der Waals surface area contributed by atoms with E-state index in [9.17, 15) is 39.6 Å². The highest BCUT2D eigenvalue weighted by atomic mass is 16.3. The zero-order chi connectivity index (χ0) is 30.1. The SMILES string of the molecule is CN(C)c1cc(NC(=O)CNC2CC2)c(O)c2c1CC1CC3[C@H](N(C)C)C(=O)C(C(N)=O)=C(O)C3(O)C(=O)C1=C2O. The summed E-state index contributed by atoms with van der Waals surface area (Å²) in [5.74, 6) is -7.67. The summed E-state index contributed by atoms with van der Waals surface area (Å²) >= 11 is 0. The molecule has 0 radical (unpaired) electrons. The number of phenols is 1. The maximum Gasteiger partial charge on any atom is 0.255 e. The van der Waals surface area contributed by atoms with Crippen molar-refractivity contribution in [2.75, 3.05) is 45.0 Å². The van der Waals surface area contributed by atoms with E-state index in [0.717, 1.165) is 12.8 Å². The van der Waals surface area contributed by atoms with E-state index in [1.165, 1.54) is 4.90 Å². The van der Waals surface area contributed by atoms with Crippen molar-refractivity contribution in [3.05, 3.63) is 34.1 Å². The van der Waals surface area contributed by atoms with E-state index < -0.39 is 69.7 Å². The summed E-state index contributed by atoms with van der Waals surface area (Å²) in [5.41, 5.74) is 2.55. The van der Waals surface area contributed by atoms with E-state index in [-0.39, 0.29) is 42.3 Å². The quantitative estimate of drug-likeness (QED) is 0.168. The highest BCUT2D eigenvalue weighted by Crippen LogP contribution is 2.54. The fourth-order valence-corrected chi connectivity index (χ4v) is 6.51. The molecule has 0 saturated heterocycles. The monoisotopic (exact) mass is 569 g/mol. The van der Waals surface area contributed by atoms with Crippen molar-refractivity contribution >= 4 is 40.5 Å². The van der Waals surface area contributed by atoms with Crippen LogP contribution < -0.4 is 21.3 Å². The van der Waals surface area contributed by atoms with Gasteiger partial charge in [0.1, 0.15) is 22.8 Å². The van der Waals surface area contributed by atoms with Gasteiger partial charge in [0.25, 0.3) is 5.91 Å². The molecule has 8 N–H and O–H groups in total. The number of carbonyl (C=O) groups is 4. The third-order valence-corrected chi connectivity index (χ3v) is 8.58. The largest absolute Gasteiger partial charge is 0.508 e. The predicted octanol–water partition coefficient (Wildman–Crippen LogP) is -0.279. The van der Waals surface area contributed by atoms with Gasteiger partial charge in [0, 0.05) is 37.3 Å². The minimum absolute atomic E-state index is 0.00921. The lowest BCUT2D eigenvalue weighted by molar-refractivity contribution is -0.153. The van der Waals surface area contributed by atoms with Crippen LogP contribution in [0.1, 0.15) is 30.4 Å². The van der Waals surface area contributed by atoms with E-state index in [2.05, 4.69) is 10.6 Å². The number of amides is 2. The molecule has 220 valence electrons. The van der Waals surface area contributed by atoms with Crippen molar-refractivity contribution in [2.45, 2.75) is 43.4 Å². The Balaban J connectivity index is 1.65. The summed E-state index contributed by atoms with van der Waals surface area (Å²) in [4.78, 5) is 55.2. The molecular formula is C28H35N5O8. The molecule has 13 heteroatoms. The first-order chi connectivity index (χ1) is 19.2. The topological polar surface area (TPSA) is 206 Å². The van der Waals surface area contributed by atoms with Crippen LogP contribution in [0.2, 0.25) is 0 Å². The fraction of sp³-hybridized carbons (Fsp3) is 0.500. The third kappa shape index (κ3) is 4.35. The van der Waals surface area contributed by atoms with Crippen molar-refractivity contribution in [3.8, 4) is 5.75 Å². The normalized spacial score (nSPS) is 27.4. The number of anilines is 2. The van der Waals surface area contributed by atoms with Gasteiger partial charge in [-0.3, -0.25) is 24.1 Å². The van der Waals surface area contributed by atoms with Gasteiger partial charge >= 0.3 is 0 Å². The van der Waals surface area contributed by atoms with Gasteiger partial charge in [-0.05, 0) is 57.3 Å². The van der Waals surface area contributed by atoms with Crippen LogP contribution >= 0.6 is 0 Å². The number of phenolic OH excluding ortho intramolecular Hbond substituents is 1. The van der Waals surface area contributed by atoms with Crippen molar-refractivity contribution < 1.29 is 39.6 Å². The number of aromatic hydroxyl groups is 1. The Bertz CT molecular complexity index is 1440. The molecule has 0 bridgehead atoms. The number of benzene rings is 1. The number of aliphatic hydroxyl groups excluding tert-OH is 2. The lowest BCUT2D eigenvalue weighted by Gasteiger charge is -2.50. The van der Waals surface area contributed by atoms with E-state index in [1.807, 2.05) is 0 Å². The number of ketones is 2. The number of aliphatic hydroxyl groups is 3. The van der Waals surface area contributed by atoms with Crippen LogP contribution in [0.3, 0.4) is 0 Å². The minimum atomic E-state index is -2.72. The molecule has 0 aromatic heterocycles. The number of fused-ring (bicyclic) bond motifs is 3. The lowest BCUT2D eigenvalue weighted by atomic mass is 9.57. The number of hydrogen-bond donors (Lipinski definition) is 7. The molecule has 2 fully saturated rings. The molecule has 0 heterocycles. The molecule has 0 spiro atoms. The zero-order valence-electron chi connectivity index (χ0n) is 23.3. The number of carbonyl (C=O) groups excluding carboxylic acids is 4. The molecule has 4 aliphatic carbocycles. The Morgan fingerprint density at radius 3 is 2.34 bits per heavy atom. The maximum absolute atomic E-state index is 14.0. The molecule has 1 aromatic rings. The Morgan fingerprint density at radius 1 is 1.12 bits per heavy atom. The van der Waals surface area contributed by atoms with Crippen molar-refractivity contribution in [1.82, 2.24) is 10.2 Å². The number of nitrogens with zero attached hydrogens (tertiary/aromatic N) is 2. The third-order valence-electron chi connectivity index (χ3n) is 8.58. The molecule has 4 aliphatic rings. The van der Waals surface area contributed by atoms with Crippen LogP contribution in [0.5, 0.6) is 5.75 Å². The van der Waals surface area contributed by atoms with Crippen LogP contribution in [-0.4, -0.2) is 101 Å². The second-order valence-electron chi connectivity index (χ2n) is 11.7. The van der Waals surface area contributed by atoms with E-state index in [0.29, 0.717) is 11.3 Å². The maximum atomic E-state index is 14.0. The second-order valence-corrected chi connectivity index (χ2v) is 11.7. The van der Waals surface area contributed by atoms with Gasteiger partial charge in [-0.25, -0.2) is 0 Å². The summed E-state index contributed by atoms with van der Waals surface area (Å²) in [6.45, 7) is 0.0279. The molecule has 3 unspecified atom stereocenters. The summed E-state index contributed by atoms with van der Waals surface area (Å²) in [5, 5.41) is 51.2. The lowest BCUT2D eigenvalue weighted by Crippen LogP contribution is -2.65. The number of likely N-dealkylation sites (N-methyl/N-ethyl adjacent to an activating group) is 1. The smallest absolute Gasteiger partial charge is 0.255 e. The summed E-state index contributed by atoms with van der Waals surface area (Å²) in [6.07, 6.45) is 2.11. The average Bonchev–Trinajstić information content (AvgIpc) is 3.70. The Morgan fingerprint density at radius 2 is 1.78 bits per heavy atom. The number of hydrogen-bond acceptors (Lipinski definition) is 11. The van der Waals surface area contributed by atoms with E-state index >= 15 is 0 Å². The van der Waals surface area contributed by atoms with Gasteiger partial charge in [-0.1, -0.05) is 0 Å². The number of Topliss-reactive ketones (excluding diaryl/α,β-unsaturated/α-hetero) is 2. The predicted molar refractivity (Wildman–Crippen MR) is 148 cm³/mol. The molecule has 2 amide bonds. The molecular weight excluding hydrogens is 534 g/mol. The van der Waals surface area contributed by atoms with Crippen molar-refractivity contribution in [3.63, 3.8) is 0 Å². The molecule has 5 rings (SSSR count). The van der Waals surface area contributed by atoms with E-state index in [1.54, 1.807) is 39.2 Å². The van der Waals surface area contributed by atoms with Crippen LogP contribution in [0.15, 0.2) is 23.0 Å². The van der Waals surface area contributed by atoms with Crippen molar-refractivity contribution in [2.24, 2.45) is 17.6 Å². The van der Waals surface area contributed by atoms with Gasteiger partial charge in [-0.15, -0.1) is 0 Å². The van der Waals surface area contributed by atoms with Crippen molar-refractivity contribution in [1.29, 1.82) is 0 Å². The molecule has 0 aliphatic heterocycles. The Hall–Kier alpha value is -3.94. The molecule has 2 saturated carbocycles. The summed E-state index contributed by atoms with van der Waals surface area (Å²) in [7, 11) is 6.60. The minimum Gasteiger partial charge on any atom is -0.508 e. The van der Waals surface area contributed by atoms with Gasteiger partial charge in [0.05, 0.1) is 23.8 Å². The van der Waals surface area contributed by atoms with E-state index in [4.69, 9.17) is 5.73 Å². The van der Waals surface area contributed by atoms with Gasteiger partial charge in [0.2, 0.25) is 11.7 Å². The average molecular weight is 570 g/mol. The molecule has 4 atom stereocenters. The zero-order valence-corrected chi connectivity index (χ0v) is 23.3. The van der Waals surface area contributed by atoms with Crippen LogP contribution in [-0.2, 0) is 25.6 Å². The summed E-state index contributed by atoms with van der Waals surface area (Å²) in [6, 6.07) is 0.717. The number of primary amides is 1. The Labute approximate surface area is 236 Å². The highest BCUT2D eigenvalue weighted by molar-refractivity contribution is 6.24. The first kappa shape index (κ1) is 28.6. The van der Waals surface area contributed by atoms with Gasteiger partial charge in [0.15, 0.2) is 11.4 Å². The van der Waals surface area contributed by atoms with Crippen LogP contribution in [0.4, 0.5) is 11.4 Å². The molecule has 1 aromatic carbocycles.